The molecule has 0 aromatic heterocycles. The number of amides is 1. The molecule has 2 aromatic rings. The lowest BCUT2D eigenvalue weighted by Gasteiger charge is -2.20. The highest BCUT2D eigenvalue weighted by molar-refractivity contribution is 7.89. The molecule has 1 amide bonds. The van der Waals surface area contributed by atoms with Crippen molar-refractivity contribution >= 4 is 27.3 Å². The summed E-state index contributed by atoms with van der Waals surface area (Å²) in [4.78, 5) is 22.9. The molecule has 8 nitrogen and oxygen atoms in total. The Kier molecular flexibility index (Phi) is 5.67. The summed E-state index contributed by atoms with van der Waals surface area (Å²) < 4.78 is 27.1. The van der Waals surface area contributed by atoms with Crippen molar-refractivity contribution in [3.63, 3.8) is 0 Å². The molecule has 0 aliphatic heterocycles. The monoisotopic (exact) mass is 391 g/mol. The van der Waals surface area contributed by atoms with Gasteiger partial charge in [0.25, 0.3) is 11.6 Å². The number of nitrogens with one attached hydrogen (secondary N) is 2. The van der Waals surface area contributed by atoms with Crippen LogP contribution in [0, 0.1) is 17.0 Å². The minimum absolute atomic E-state index is 0.0713. The molecule has 0 radical (unpaired) electrons. The normalized spacial score (nSPS) is 11.9. The molecule has 0 fully saturated rings. The number of nitro benzene ring substituents is 1. The van der Waals surface area contributed by atoms with Gasteiger partial charge in [0.05, 0.1) is 9.82 Å². The number of carbonyl (C=O) groups excluding carboxylic acids is 1. The van der Waals surface area contributed by atoms with E-state index >= 15 is 0 Å². The number of sulfonamides is 1. The van der Waals surface area contributed by atoms with Gasteiger partial charge in [-0.1, -0.05) is 6.07 Å². The number of nitrogens with zero attached hydrogens (tertiary/aromatic N) is 1. The Morgan fingerprint density at radius 3 is 2.19 bits per heavy atom. The lowest BCUT2D eigenvalue weighted by Crippen LogP contribution is -2.40. The summed E-state index contributed by atoms with van der Waals surface area (Å²) >= 11 is 0. The van der Waals surface area contributed by atoms with E-state index in [0.29, 0.717) is 5.69 Å². The molecule has 0 saturated carbocycles. The van der Waals surface area contributed by atoms with Crippen LogP contribution >= 0.6 is 0 Å². The van der Waals surface area contributed by atoms with Gasteiger partial charge in [-0.2, -0.15) is 0 Å². The highest BCUT2D eigenvalue weighted by atomic mass is 32.2. The summed E-state index contributed by atoms with van der Waals surface area (Å²) in [5.41, 5.74) is 0.0486. The standard InChI is InChI=1S/C18H21N3O5S/c1-12-15(6-5-7-16(12)21(23)24)17(22)19-13-8-10-14(11-9-13)27(25,26)20-18(2,3)4/h5-11,20H,1-4H3,(H,19,22). The summed E-state index contributed by atoms with van der Waals surface area (Å²) in [6.07, 6.45) is 0. The third-order valence-corrected chi connectivity index (χ3v) is 5.38. The molecule has 0 bridgehead atoms. The van der Waals surface area contributed by atoms with Crippen LogP contribution in [-0.4, -0.2) is 24.8 Å². The first-order chi connectivity index (χ1) is 12.4. The van der Waals surface area contributed by atoms with Crippen LogP contribution in [-0.2, 0) is 10.0 Å². The Morgan fingerprint density at radius 1 is 1.07 bits per heavy atom. The van der Waals surface area contributed by atoms with E-state index in [1.807, 2.05) is 0 Å². The van der Waals surface area contributed by atoms with Gasteiger partial charge in [-0.3, -0.25) is 14.9 Å². The van der Waals surface area contributed by atoms with Crippen molar-refractivity contribution in [2.24, 2.45) is 0 Å². The Balaban J connectivity index is 2.21. The summed E-state index contributed by atoms with van der Waals surface area (Å²) in [7, 11) is -3.67. The highest BCUT2D eigenvalue weighted by Crippen LogP contribution is 2.22. The summed E-state index contributed by atoms with van der Waals surface area (Å²) in [5.74, 6) is -0.514. The average molecular weight is 391 g/mol. The molecule has 0 atom stereocenters. The maximum atomic E-state index is 12.4. The van der Waals surface area contributed by atoms with Gasteiger partial charge < -0.3 is 5.32 Å². The Hall–Kier alpha value is -2.78. The fourth-order valence-corrected chi connectivity index (χ4v) is 3.86. The lowest BCUT2D eigenvalue weighted by atomic mass is 10.1. The van der Waals surface area contributed by atoms with Crippen molar-refractivity contribution in [2.45, 2.75) is 38.1 Å². The molecule has 27 heavy (non-hydrogen) atoms. The number of carbonyl (C=O) groups is 1. The van der Waals surface area contributed by atoms with Crippen LogP contribution in [0.1, 0.15) is 36.7 Å². The first-order valence-electron chi connectivity index (χ1n) is 8.10. The second kappa shape index (κ2) is 7.45. The highest BCUT2D eigenvalue weighted by Gasteiger charge is 2.22. The smallest absolute Gasteiger partial charge is 0.273 e. The van der Waals surface area contributed by atoms with Crippen LogP contribution in [0.3, 0.4) is 0 Å². The zero-order valence-corrected chi connectivity index (χ0v) is 16.3. The quantitative estimate of drug-likeness (QED) is 0.599. The Labute approximate surface area is 157 Å². The second-order valence-electron chi connectivity index (χ2n) is 7.04. The van der Waals surface area contributed by atoms with Gasteiger partial charge in [0, 0.05) is 28.4 Å². The SMILES string of the molecule is Cc1c(C(=O)Nc2ccc(S(=O)(=O)NC(C)(C)C)cc2)cccc1[N+](=O)[O-]. The number of hydrogen-bond donors (Lipinski definition) is 2. The number of hydrogen-bond acceptors (Lipinski definition) is 5. The van der Waals surface area contributed by atoms with Crippen LogP contribution in [0.15, 0.2) is 47.4 Å². The van der Waals surface area contributed by atoms with Crippen molar-refractivity contribution in [3.8, 4) is 0 Å². The maximum Gasteiger partial charge on any atom is 0.273 e. The molecule has 2 rings (SSSR count). The Morgan fingerprint density at radius 2 is 1.67 bits per heavy atom. The van der Waals surface area contributed by atoms with E-state index < -0.39 is 26.4 Å². The van der Waals surface area contributed by atoms with Gasteiger partial charge in [0.1, 0.15) is 0 Å². The number of anilines is 1. The van der Waals surface area contributed by atoms with E-state index in [2.05, 4.69) is 10.0 Å². The van der Waals surface area contributed by atoms with Crippen molar-refractivity contribution in [3.05, 3.63) is 63.7 Å². The van der Waals surface area contributed by atoms with Crippen LogP contribution in [0.4, 0.5) is 11.4 Å². The lowest BCUT2D eigenvalue weighted by molar-refractivity contribution is -0.385. The van der Waals surface area contributed by atoms with E-state index in [-0.39, 0.29) is 21.7 Å². The van der Waals surface area contributed by atoms with Gasteiger partial charge in [-0.25, -0.2) is 13.1 Å². The molecular weight excluding hydrogens is 370 g/mol. The molecule has 144 valence electrons. The van der Waals surface area contributed by atoms with Crippen molar-refractivity contribution in [1.82, 2.24) is 4.72 Å². The second-order valence-corrected chi connectivity index (χ2v) is 8.72. The molecule has 0 saturated heterocycles. The van der Waals surface area contributed by atoms with Crippen molar-refractivity contribution in [2.75, 3.05) is 5.32 Å². The minimum atomic E-state index is -3.67. The van der Waals surface area contributed by atoms with Gasteiger partial charge in [0.15, 0.2) is 0 Å². The largest absolute Gasteiger partial charge is 0.322 e. The van der Waals surface area contributed by atoms with E-state index in [1.165, 1.54) is 49.4 Å². The van der Waals surface area contributed by atoms with Crippen LogP contribution in [0.2, 0.25) is 0 Å². The van der Waals surface area contributed by atoms with Gasteiger partial charge in [0.2, 0.25) is 10.0 Å². The third kappa shape index (κ3) is 5.11. The van der Waals surface area contributed by atoms with Crippen molar-refractivity contribution in [1.29, 1.82) is 0 Å². The molecule has 0 aliphatic rings. The van der Waals surface area contributed by atoms with E-state index in [0.717, 1.165) is 0 Å². The third-order valence-electron chi connectivity index (χ3n) is 3.61. The molecule has 0 spiro atoms. The van der Waals surface area contributed by atoms with Gasteiger partial charge >= 0.3 is 0 Å². The molecule has 0 unspecified atom stereocenters. The first kappa shape index (κ1) is 20.5. The predicted octanol–water partition coefficient (Wildman–Crippen LogP) is 3.23. The van der Waals surface area contributed by atoms with Crippen LogP contribution in [0.25, 0.3) is 0 Å². The number of rotatable bonds is 5. The van der Waals surface area contributed by atoms with Gasteiger partial charge in [-0.05, 0) is 58.0 Å². The average Bonchev–Trinajstić information content (AvgIpc) is 2.53. The summed E-state index contributed by atoms with van der Waals surface area (Å²) in [5, 5.41) is 13.6. The Bertz CT molecular complexity index is 977. The van der Waals surface area contributed by atoms with E-state index in [9.17, 15) is 23.3 Å². The number of benzene rings is 2. The van der Waals surface area contributed by atoms with Crippen LogP contribution < -0.4 is 10.0 Å². The zero-order chi connectivity index (χ0) is 20.4. The topological polar surface area (TPSA) is 118 Å². The van der Waals surface area contributed by atoms with E-state index in [1.54, 1.807) is 20.8 Å². The summed E-state index contributed by atoms with van der Waals surface area (Å²) in [6, 6.07) is 9.93. The van der Waals surface area contributed by atoms with Crippen LogP contribution in [0.5, 0.6) is 0 Å². The zero-order valence-electron chi connectivity index (χ0n) is 15.4. The summed E-state index contributed by atoms with van der Waals surface area (Å²) in [6.45, 7) is 6.71. The minimum Gasteiger partial charge on any atom is -0.322 e. The first-order valence-corrected chi connectivity index (χ1v) is 9.58. The maximum absolute atomic E-state index is 12.4. The molecule has 0 heterocycles. The molecule has 9 heteroatoms. The van der Waals surface area contributed by atoms with Gasteiger partial charge in [-0.15, -0.1) is 0 Å². The molecule has 0 aliphatic carbocycles. The fraction of sp³-hybridized carbons (Fsp3) is 0.278. The fourth-order valence-electron chi connectivity index (χ4n) is 2.45. The molecule has 2 N–H and O–H groups in total. The predicted molar refractivity (Wildman–Crippen MR) is 102 cm³/mol. The number of nitro groups is 1. The van der Waals surface area contributed by atoms with Crippen molar-refractivity contribution < 1.29 is 18.1 Å². The molecule has 2 aromatic carbocycles. The van der Waals surface area contributed by atoms with E-state index in [4.69, 9.17) is 0 Å². The molecular formula is C18H21N3O5S.